The molecule has 2 N–H and O–H groups in total. The van der Waals surface area contributed by atoms with Crippen molar-refractivity contribution in [1.82, 2.24) is 5.32 Å². The summed E-state index contributed by atoms with van der Waals surface area (Å²) >= 11 is 3.38. The van der Waals surface area contributed by atoms with Gasteiger partial charge in [-0.1, -0.05) is 22.0 Å². The van der Waals surface area contributed by atoms with E-state index in [1.807, 2.05) is 25.1 Å². The third-order valence-corrected chi connectivity index (χ3v) is 3.04. The van der Waals surface area contributed by atoms with Gasteiger partial charge in [0.1, 0.15) is 0 Å². The predicted octanol–water partition coefficient (Wildman–Crippen LogP) is 1.42. The van der Waals surface area contributed by atoms with Gasteiger partial charge in [0.15, 0.2) is 0 Å². The quantitative estimate of drug-likeness (QED) is 0.835. The van der Waals surface area contributed by atoms with Gasteiger partial charge in [-0.3, -0.25) is 4.79 Å². The van der Waals surface area contributed by atoms with E-state index in [0.717, 1.165) is 15.6 Å². The van der Waals surface area contributed by atoms with Crippen LogP contribution in [0.15, 0.2) is 22.7 Å². The lowest BCUT2D eigenvalue weighted by molar-refractivity contribution is -0.121. The number of rotatable bonds is 6. The second kappa shape index (κ2) is 7.51. The summed E-state index contributed by atoms with van der Waals surface area (Å²) in [4.78, 5) is 11.7. The molecular weight excluding hydrogens is 298 g/mol. The Morgan fingerprint density at radius 2 is 2.28 bits per heavy atom. The van der Waals surface area contributed by atoms with E-state index in [1.54, 1.807) is 0 Å². The van der Waals surface area contributed by atoms with E-state index in [-0.39, 0.29) is 19.1 Å². The average Bonchev–Trinajstić information content (AvgIpc) is 2.31. The highest BCUT2D eigenvalue weighted by Gasteiger charge is 2.09. The zero-order valence-electron chi connectivity index (χ0n) is 10.6. The van der Waals surface area contributed by atoms with Gasteiger partial charge in [-0.05, 0) is 30.2 Å². The van der Waals surface area contributed by atoms with E-state index in [4.69, 9.17) is 4.74 Å². The van der Waals surface area contributed by atoms with Gasteiger partial charge in [0, 0.05) is 18.1 Å². The van der Waals surface area contributed by atoms with Gasteiger partial charge in [0.25, 0.3) is 0 Å². The second-order valence-electron chi connectivity index (χ2n) is 4.16. The number of carbonyl (C=O) groups is 1. The third-order valence-electron chi connectivity index (χ3n) is 2.55. The number of aliphatic hydroxyl groups excluding tert-OH is 1. The fourth-order valence-corrected chi connectivity index (χ4v) is 2.05. The zero-order valence-corrected chi connectivity index (χ0v) is 12.2. The molecule has 1 aromatic rings. The summed E-state index contributed by atoms with van der Waals surface area (Å²) < 4.78 is 5.78. The van der Waals surface area contributed by atoms with E-state index in [0.29, 0.717) is 6.42 Å². The van der Waals surface area contributed by atoms with E-state index >= 15 is 0 Å². The van der Waals surface area contributed by atoms with Gasteiger partial charge in [-0.25, -0.2) is 0 Å². The van der Waals surface area contributed by atoms with Crippen LogP contribution in [0.5, 0.6) is 0 Å². The molecule has 0 aliphatic heterocycles. The van der Waals surface area contributed by atoms with Crippen LogP contribution < -0.4 is 5.32 Å². The van der Waals surface area contributed by atoms with Gasteiger partial charge in [-0.2, -0.15) is 0 Å². The van der Waals surface area contributed by atoms with Crippen LogP contribution in [-0.2, 0) is 16.0 Å². The topological polar surface area (TPSA) is 58.6 Å². The van der Waals surface area contributed by atoms with Crippen molar-refractivity contribution in [1.29, 1.82) is 0 Å². The first-order chi connectivity index (χ1) is 8.52. The van der Waals surface area contributed by atoms with Crippen LogP contribution in [-0.4, -0.2) is 37.4 Å². The van der Waals surface area contributed by atoms with Crippen LogP contribution in [0.3, 0.4) is 0 Å². The minimum Gasteiger partial charge on any atom is -0.389 e. The number of aryl methyl sites for hydroxylation is 1. The van der Waals surface area contributed by atoms with Crippen molar-refractivity contribution < 1.29 is 14.6 Å². The fraction of sp³-hybridized carbons (Fsp3) is 0.462. The summed E-state index contributed by atoms with van der Waals surface area (Å²) in [5.74, 6) is -0.101. The second-order valence-corrected chi connectivity index (χ2v) is 5.08. The molecule has 1 atom stereocenters. The van der Waals surface area contributed by atoms with Gasteiger partial charge in [0.05, 0.1) is 19.1 Å². The molecule has 1 aromatic carbocycles. The molecule has 0 spiro atoms. The fourth-order valence-electron chi connectivity index (χ4n) is 1.58. The van der Waals surface area contributed by atoms with Crippen molar-refractivity contribution in [2.24, 2.45) is 0 Å². The zero-order chi connectivity index (χ0) is 13.5. The van der Waals surface area contributed by atoms with Crippen LogP contribution in [0.25, 0.3) is 0 Å². The predicted molar refractivity (Wildman–Crippen MR) is 73.5 cm³/mol. The molecule has 0 heterocycles. The minimum atomic E-state index is -0.662. The van der Waals surface area contributed by atoms with Gasteiger partial charge in [0.2, 0.25) is 5.91 Å². The monoisotopic (exact) mass is 315 g/mol. The smallest absolute Gasteiger partial charge is 0.224 e. The largest absolute Gasteiger partial charge is 0.389 e. The first-order valence-corrected chi connectivity index (χ1v) is 6.51. The highest BCUT2D eigenvalue weighted by Crippen LogP contribution is 2.16. The number of methoxy groups -OCH3 is 1. The Balaban J connectivity index is 2.44. The number of halogens is 1. The first kappa shape index (κ1) is 15.1. The van der Waals surface area contributed by atoms with E-state index in [1.165, 1.54) is 7.11 Å². The summed E-state index contributed by atoms with van der Waals surface area (Å²) in [6.45, 7) is 2.40. The Morgan fingerprint density at radius 3 is 2.89 bits per heavy atom. The Bertz CT molecular complexity index is 409. The number of nitrogens with one attached hydrogen (secondary N) is 1. The Hall–Kier alpha value is -0.910. The molecule has 0 aromatic heterocycles. The van der Waals surface area contributed by atoms with E-state index in [2.05, 4.69) is 21.2 Å². The molecule has 0 aliphatic carbocycles. The Labute approximate surface area is 115 Å². The number of hydrogen-bond acceptors (Lipinski definition) is 3. The molecule has 0 radical (unpaired) electrons. The van der Waals surface area contributed by atoms with Crippen LogP contribution >= 0.6 is 15.9 Å². The van der Waals surface area contributed by atoms with Crippen LogP contribution in [0, 0.1) is 6.92 Å². The molecule has 1 amide bonds. The van der Waals surface area contributed by atoms with Crippen molar-refractivity contribution in [2.75, 3.05) is 20.3 Å². The van der Waals surface area contributed by atoms with Crippen LogP contribution in [0.1, 0.15) is 11.1 Å². The molecule has 0 saturated heterocycles. The lowest BCUT2D eigenvalue weighted by atomic mass is 10.1. The van der Waals surface area contributed by atoms with Gasteiger partial charge in [-0.15, -0.1) is 0 Å². The third kappa shape index (κ3) is 5.16. The molecule has 1 rings (SSSR count). The molecule has 5 heteroatoms. The maximum absolute atomic E-state index is 11.7. The number of hydrogen-bond donors (Lipinski definition) is 2. The lowest BCUT2D eigenvalue weighted by Crippen LogP contribution is -2.35. The maximum Gasteiger partial charge on any atom is 0.224 e. The minimum absolute atomic E-state index is 0.101. The highest BCUT2D eigenvalue weighted by atomic mass is 79.9. The van der Waals surface area contributed by atoms with Crippen molar-refractivity contribution in [2.45, 2.75) is 19.4 Å². The summed E-state index contributed by atoms with van der Waals surface area (Å²) in [5.41, 5.74) is 2.05. The molecule has 0 saturated carbocycles. The number of ether oxygens (including phenoxy) is 1. The summed E-state index contributed by atoms with van der Waals surface area (Å²) in [6, 6.07) is 5.81. The van der Waals surface area contributed by atoms with E-state index < -0.39 is 6.10 Å². The summed E-state index contributed by atoms with van der Waals surface area (Å²) in [6.07, 6.45) is -0.344. The van der Waals surface area contributed by atoms with Crippen molar-refractivity contribution in [3.05, 3.63) is 33.8 Å². The van der Waals surface area contributed by atoms with E-state index in [9.17, 15) is 9.90 Å². The normalized spacial score (nSPS) is 12.2. The first-order valence-electron chi connectivity index (χ1n) is 5.71. The summed E-state index contributed by atoms with van der Waals surface area (Å²) in [5, 5.41) is 12.1. The van der Waals surface area contributed by atoms with Crippen molar-refractivity contribution >= 4 is 21.8 Å². The number of amides is 1. The van der Waals surface area contributed by atoms with Crippen molar-refractivity contribution in [3.63, 3.8) is 0 Å². The van der Waals surface area contributed by atoms with Crippen molar-refractivity contribution in [3.8, 4) is 0 Å². The molecule has 4 nitrogen and oxygen atoms in total. The van der Waals surface area contributed by atoms with Crippen LogP contribution in [0.2, 0.25) is 0 Å². The van der Waals surface area contributed by atoms with Gasteiger partial charge >= 0.3 is 0 Å². The molecule has 0 fully saturated rings. The van der Waals surface area contributed by atoms with Crippen LogP contribution in [0.4, 0.5) is 0 Å². The average molecular weight is 316 g/mol. The Morgan fingerprint density at radius 1 is 1.56 bits per heavy atom. The Kier molecular flexibility index (Phi) is 6.32. The van der Waals surface area contributed by atoms with Gasteiger partial charge < -0.3 is 15.2 Å². The molecule has 0 aliphatic rings. The SMILES string of the molecule is COC[C@@H](O)CNC(=O)Cc1ccc(Br)cc1C. The number of benzene rings is 1. The standard InChI is InChI=1S/C13H18BrNO3/c1-9-5-11(14)4-3-10(9)6-13(17)15-7-12(16)8-18-2/h3-5,12,16H,6-8H2,1-2H3,(H,15,17)/t12-/m0/s1. The molecule has 0 unspecified atom stereocenters. The lowest BCUT2D eigenvalue weighted by Gasteiger charge is -2.11. The molecule has 100 valence electrons. The highest BCUT2D eigenvalue weighted by molar-refractivity contribution is 9.10. The molecule has 18 heavy (non-hydrogen) atoms. The molecule has 0 bridgehead atoms. The molecular formula is C13H18BrNO3. The maximum atomic E-state index is 11.7. The summed E-state index contributed by atoms with van der Waals surface area (Å²) in [7, 11) is 1.51. The number of aliphatic hydroxyl groups is 1. The number of carbonyl (C=O) groups excluding carboxylic acids is 1.